The number of hydrogen-bond acceptors (Lipinski definition) is 3. The van der Waals surface area contributed by atoms with Crippen LogP contribution in [-0.2, 0) is 4.79 Å². The Morgan fingerprint density at radius 2 is 2.09 bits per heavy atom. The third-order valence-corrected chi connectivity index (χ3v) is 4.75. The van der Waals surface area contributed by atoms with E-state index >= 15 is 0 Å². The van der Waals surface area contributed by atoms with Crippen molar-refractivity contribution in [3.63, 3.8) is 0 Å². The van der Waals surface area contributed by atoms with Crippen molar-refractivity contribution < 1.29 is 14.7 Å². The molecule has 120 valence electrons. The summed E-state index contributed by atoms with van der Waals surface area (Å²) in [6, 6.07) is 7.34. The quantitative estimate of drug-likeness (QED) is 0.861. The fourth-order valence-corrected chi connectivity index (χ4v) is 3.48. The number of fused-ring (bicyclic) bond motifs is 1. The van der Waals surface area contributed by atoms with Crippen LogP contribution in [-0.4, -0.2) is 28.0 Å². The highest BCUT2D eigenvalue weighted by molar-refractivity contribution is 9.10. The van der Waals surface area contributed by atoms with E-state index in [9.17, 15) is 9.59 Å². The van der Waals surface area contributed by atoms with E-state index in [2.05, 4.69) is 26.2 Å². The van der Waals surface area contributed by atoms with Crippen molar-refractivity contribution >= 4 is 38.7 Å². The van der Waals surface area contributed by atoms with Crippen molar-refractivity contribution in [3.05, 3.63) is 40.0 Å². The predicted molar refractivity (Wildman–Crippen MR) is 90.4 cm³/mol. The number of nitrogens with one attached hydrogen (secondary N) is 1. The van der Waals surface area contributed by atoms with E-state index in [0.717, 1.165) is 21.1 Å². The minimum atomic E-state index is -0.782. The first-order chi connectivity index (χ1) is 10.9. The van der Waals surface area contributed by atoms with Gasteiger partial charge < -0.3 is 10.4 Å². The Bertz CT molecular complexity index is 791. The van der Waals surface area contributed by atoms with Crippen LogP contribution in [0.4, 0.5) is 0 Å². The number of halogens is 1. The first-order valence-electron chi connectivity index (χ1n) is 7.54. The van der Waals surface area contributed by atoms with Crippen molar-refractivity contribution in [1.82, 2.24) is 10.3 Å². The summed E-state index contributed by atoms with van der Waals surface area (Å²) in [5, 5.41) is 12.8. The van der Waals surface area contributed by atoms with E-state index in [1.54, 1.807) is 6.07 Å². The van der Waals surface area contributed by atoms with Gasteiger partial charge in [-0.2, -0.15) is 0 Å². The summed E-state index contributed by atoms with van der Waals surface area (Å²) in [7, 11) is 0. The summed E-state index contributed by atoms with van der Waals surface area (Å²) in [4.78, 5) is 28.1. The molecule has 1 aliphatic carbocycles. The van der Waals surface area contributed by atoms with Crippen LogP contribution in [0, 0.1) is 12.8 Å². The SMILES string of the molecule is Cc1cc(C(=O)N[C@H]2CC[C@@H](C(=O)O)C2)c2cc(Br)ccc2n1. The summed E-state index contributed by atoms with van der Waals surface area (Å²) in [5.74, 6) is -1.31. The molecular formula is C17H17BrN2O3. The van der Waals surface area contributed by atoms with Gasteiger partial charge in [0.2, 0.25) is 0 Å². The Morgan fingerprint density at radius 1 is 1.30 bits per heavy atom. The number of nitrogens with zero attached hydrogens (tertiary/aromatic N) is 1. The van der Waals surface area contributed by atoms with Crippen molar-refractivity contribution in [3.8, 4) is 0 Å². The Labute approximate surface area is 142 Å². The Hall–Kier alpha value is -1.95. The summed E-state index contributed by atoms with van der Waals surface area (Å²) < 4.78 is 0.886. The van der Waals surface area contributed by atoms with Crippen LogP contribution in [0.25, 0.3) is 10.9 Å². The lowest BCUT2D eigenvalue weighted by Gasteiger charge is -2.14. The molecule has 0 radical (unpaired) electrons. The highest BCUT2D eigenvalue weighted by atomic mass is 79.9. The van der Waals surface area contributed by atoms with Crippen LogP contribution in [0.3, 0.4) is 0 Å². The minimum absolute atomic E-state index is 0.0840. The van der Waals surface area contributed by atoms with E-state index in [1.807, 2.05) is 25.1 Å². The molecule has 2 atom stereocenters. The molecule has 1 amide bonds. The minimum Gasteiger partial charge on any atom is -0.481 e. The lowest BCUT2D eigenvalue weighted by atomic mass is 10.1. The lowest BCUT2D eigenvalue weighted by Crippen LogP contribution is -2.33. The molecule has 6 heteroatoms. The number of aromatic nitrogens is 1. The second kappa shape index (κ2) is 6.28. The van der Waals surface area contributed by atoms with Crippen LogP contribution in [0.2, 0.25) is 0 Å². The number of hydrogen-bond donors (Lipinski definition) is 2. The number of pyridine rings is 1. The van der Waals surface area contributed by atoms with E-state index in [-0.39, 0.29) is 17.9 Å². The molecule has 0 unspecified atom stereocenters. The average molecular weight is 377 g/mol. The normalized spacial score (nSPS) is 20.6. The third-order valence-electron chi connectivity index (χ3n) is 4.26. The highest BCUT2D eigenvalue weighted by Crippen LogP contribution is 2.27. The summed E-state index contributed by atoms with van der Waals surface area (Å²) in [6.07, 6.45) is 1.81. The topological polar surface area (TPSA) is 79.3 Å². The first kappa shape index (κ1) is 15.9. The Balaban J connectivity index is 1.86. The monoisotopic (exact) mass is 376 g/mol. The molecule has 1 heterocycles. The van der Waals surface area contributed by atoms with Crippen molar-refractivity contribution in [2.24, 2.45) is 5.92 Å². The second-order valence-electron chi connectivity index (χ2n) is 5.99. The van der Waals surface area contributed by atoms with Gasteiger partial charge in [0.1, 0.15) is 0 Å². The molecule has 0 spiro atoms. The van der Waals surface area contributed by atoms with Gasteiger partial charge in [-0.05, 0) is 50.5 Å². The molecule has 3 rings (SSSR count). The Morgan fingerprint density at radius 3 is 2.78 bits per heavy atom. The van der Waals surface area contributed by atoms with Crippen LogP contribution in [0.5, 0.6) is 0 Å². The van der Waals surface area contributed by atoms with E-state index < -0.39 is 5.97 Å². The van der Waals surface area contributed by atoms with Gasteiger partial charge in [-0.1, -0.05) is 15.9 Å². The van der Waals surface area contributed by atoms with Crippen molar-refractivity contribution in [1.29, 1.82) is 0 Å². The number of carbonyl (C=O) groups excluding carboxylic acids is 1. The van der Waals surface area contributed by atoms with Gasteiger partial charge >= 0.3 is 5.97 Å². The molecule has 23 heavy (non-hydrogen) atoms. The molecule has 0 saturated heterocycles. The molecular weight excluding hydrogens is 360 g/mol. The number of rotatable bonds is 3. The number of aryl methyl sites for hydroxylation is 1. The lowest BCUT2D eigenvalue weighted by molar-refractivity contribution is -0.141. The predicted octanol–water partition coefficient (Wildman–Crippen LogP) is 3.29. The van der Waals surface area contributed by atoms with E-state index in [0.29, 0.717) is 24.8 Å². The highest BCUT2D eigenvalue weighted by Gasteiger charge is 2.31. The van der Waals surface area contributed by atoms with Crippen molar-refractivity contribution in [2.75, 3.05) is 0 Å². The van der Waals surface area contributed by atoms with Crippen LogP contribution >= 0.6 is 15.9 Å². The molecule has 0 aliphatic heterocycles. The second-order valence-corrected chi connectivity index (χ2v) is 6.91. The van der Waals surface area contributed by atoms with Gasteiger partial charge in [-0.15, -0.1) is 0 Å². The molecule has 1 saturated carbocycles. The molecule has 1 aromatic carbocycles. The average Bonchev–Trinajstić information content (AvgIpc) is 2.95. The molecule has 2 aromatic rings. The number of carboxylic acid groups (broad SMARTS) is 1. The zero-order valence-corrected chi connectivity index (χ0v) is 14.3. The standard InChI is InChI=1S/C17H17BrN2O3/c1-9-6-14(13-8-11(18)3-5-15(13)19-9)16(21)20-12-4-2-10(7-12)17(22)23/h3,5-6,8,10,12H,2,4,7H2,1H3,(H,20,21)(H,22,23)/t10-,12+/m1/s1. The van der Waals surface area contributed by atoms with Crippen molar-refractivity contribution in [2.45, 2.75) is 32.2 Å². The van der Waals surface area contributed by atoms with Crippen LogP contribution in [0.1, 0.15) is 35.3 Å². The summed E-state index contributed by atoms with van der Waals surface area (Å²) >= 11 is 3.42. The molecule has 0 bridgehead atoms. The maximum atomic E-state index is 12.7. The molecule has 1 fully saturated rings. The number of carboxylic acids is 1. The third kappa shape index (κ3) is 3.37. The molecule has 1 aromatic heterocycles. The van der Waals surface area contributed by atoms with E-state index in [4.69, 9.17) is 5.11 Å². The van der Waals surface area contributed by atoms with Gasteiger partial charge in [0, 0.05) is 21.6 Å². The number of aliphatic carboxylic acids is 1. The smallest absolute Gasteiger partial charge is 0.306 e. The van der Waals surface area contributed by atoms with Gasteiger partial charge in [0.25, 0.3) is 5.91 Å². The van der Waals surface area contributed by atoms with E-state index in [1.165, 1.54) is 0 Å². The van der Waals surface area contributed by atoms with Gasteiger partial charge in [-0.3, -0.25) is 14.6 Å². The summed E-state index contributed by atoms with van der Waals surface area (Å²) in [6.45, 7) is 1.86. The molecule has 5 nitrogen and oxygen atoms in total. The summed E-state index contributed by atoms with van der Waals surface area (Å²) in [5.41, 5.74) is 2.13. The number of benzene rings is 1. The zero-order valence-electron chi connectivity index (χ0n) is 12.7. The fraction of sp³-hybridized carbons (Fsp3) is 0.353. The van der Waals surface area contributed by atoms with Crippen LogP contribution < -0.4 is 5.32 Å². The Kier molecular flexibility index (Phi) is 4.35. The van der Waals surface area contributed by atoms with Gasteiger partial charge in [0.05, 0.1) is 17.0 Å². The maximum Gasteiger partial charge on any atom is 0.306 e. The van der Waals surface area contributed by atoms with Gasteiger partial charge in [-0.25, -0.2) is 0 Å². The number of carbonyl (C=O) groups is 2. The zero-order chi connectivity index (χ0) is 16.6. The first-order valence-corrected chi connectivity index (χ1v) is 8.34. The maximum absolute atomic E-state index is 12.7. The largest absolute Gasteiger partial charge is 0.481 e. The number of amides is 1. The molecule has 1 aliphatic rings. The van der Waals surface area contributed by atoms with Gasteiger partial charge in [0.15, 0.2) is 0 Å². The fourth-order valence-electron chi connectivity index (χ4n) is 3.12. The molecule has 2 N–H and O–H groups in total. The van der Waals surface area contributed by atoms with Crippen LogP contribution in [0.15, 0.2) is 28.7 Å².